The van der Waals surface area contributed by atoms with Gasteiger partial charge in [0.2, 0.25) is 0 Å². The number of hydrogen-bond acceptors (Lipinski definition) is 6. The molecule has 0 heterocycles. The summed E-state index contributed by atoms with van der Waals surface area (Å²) in [5.41, 5.74) is 8.43. The van der Waals surface area contributed by atoms with Crippen molar-refractivity contribution in [1.82, 2.24) is 0 Å². The molecular formula is C24H37NO5SSi. The van der Waals surface area contributed by atoms with Gasteiger partial charge in [0, 0.05) is 0 Å². The highest BCUT2D eigenvalue weighted by atomic mass is 32.2. The molecule has 0 unspecified atom stereocenters. The molecule has 0 aromatic heterocycles. The molecule has 0 aliphatic carbocycles. The van der Waals surface area contributed by atoms with Crippen molar-refractivity contribution >= 4 is 18.4 Å². The summed E-state index contributed by atoms with van der Waals surface area (Å²) in [7, 11) is -6.15. The zero-order valence-corrected chi connectivity index (χ0v) is 21.8. The van der Waals surface area contributed by atoms with Gasteiger partial charge in [0.15, 0.2) is 8.32 Å². The largest absolute Gasteiger partial charge is 0.410 e. The van der Waals surface area contributed by atoms with Gasteiger partial charge in [-0.3, -0.25) is 4.18 Å². The van der Waals surface area contributed by atoms with Gasteiger partial charge in [-0.05, 0) is 42.8 Å². The molecule has 0 fully saturated rings. The van der Waals surface area contributed by atoms with E-state index in [2.05, 4.69) is 33.9 Å². The first kappa shape index (κ1) is 26.7. The molecular weight excluding hydrogens is 442 g/mol. The Morgan fingerprint density at radius 2 is 1.56 bits per heavy atom. The van der Waals surface area contributed by atoms with E-state index in [9.17, 15) is 8.42 Å². The van der Waals surface area contributed by atoms with Crippen LogP contribution in [0.15, 0.2) is 59.5 Å². The van der Waals surface area contributed by atoms with Gasteiger partial charge in [-0.15, -0.1) is 0 Å². The normalized spacial score (nSPS) is 14.8. The van der Waals surface area contributed by atoms with Gasteiger partial charge in [-0.1, -0.05) is 68.8 Å². The minimum Gasteiger partial charge on any atom is -0.410 e. The first-order valence-corrected chi connectivity index (χ1v) is 15.1. The maximum atomic E-state index is 12.7. The molecule has 0 amide bonds. The monoisotopic (exact) mass is 479 g/mol. The average Bonchev–Trinajstić information content (AvgIpc) is 2.71. The third kappa shape index (κ3) is 7.79. The lowest BCUT2D eigenvalue weighted by Gasteiger charge is -2.40. The lowest BCUT2D eigenvalue weighted by atomic mass is 10.2. The second-order valence-corrected chi connectivity index (χ2v) is 16.0. The fraction of sp³-hybridized carbons (Fsp3) is 0.500. The maximum absolute atomic E-state index is 12.7. The van der Waals surface area contributed by atoms with E-state index < -0.39 is 30.6 Å². The third-order valence-corrected chi connectivity index (χ3v) is 11.6. The minimum atomic E-state index is -3.92. The minimum absolute atomic E-state index is 0.0638. The quantitative estimate of drug-likeness (QED) is 0.373. The summed E-state index contributed by atoms with van der Waals surface area (Å²) in [5, 5.41) is -0.0638. The predicted octanol–water partition coefficient (Wildman–Crippen LogP) is 4.63. The van der Waals surface area contributed by atoms with E-state index in [4.69, 9.17) is 19.1 Å². The zero-order valence-electron chi connectivity index (χ0n) is 20.0. The number of aryl methyl sites for hydroxylation is 1. The number of hydrogen-bond donors (Lipinski definition) is 1. The van der Waals surface area contributed by atoms with E-state index in [1.807, 2.05) is 37.3 Å². The van der Waals surface area contributed by atoms with Gasteiger partial charge in [-0.25, -0.2) is 0 Å². The van der Waals surface area contributed by atoms with Gasteiger partial charge in [0.05, 0.1) is 36.9 Å². The second-order valence-electron chi connectivity index (χ2n) is 9.63. The van der Waals surface area contributed by atoms with E-state index in [1.165, 1.54) is 12.1 Å². The molecule has 2 aromatic carbocycles. The van der Waals surface area contributed by atoms with Gasteiger partial charge in [0.1, 0.15) is 0 Å². The molecule has 2 aromatic rings. The van der Waals surface area contributed by atoms with Crippen LogP contribution < -0.4 is 5.73 Å². The fourth-order valence-corrected chi connectivity index (χ4v) is 5.00. The molecule has 0 bridgehead atoms. The topological polar surface area (TPSA) is 87.9 Å². The average molecular weight is 480 g/mol. The Balaban J connectivity index is 2.09. The highest BCUT2D eigenvalue weighted by molar-refractivity contribution is 7.86. The van der Waals surface area contributed by atoms with Crippen LogP contribution in [0.3, 0.4) is 0 Å². The lowest BCUT2D eigenvalue weighted by Crippen LogP contribution is -2.52. The van der Waals surface area contributed by atoms with E-state index >= 15 is 0 Å². The van der Waals surface area contributed by atoms with Crippen molar-refractivity contribution in [3.8, 4) is 0 Å². The van der Waals surface area contributed by atoms with Crippen molar-refractivity contribution in [2.24, 2.45) is 5.73 Å². The number of nitrogens with two attached hydrogens (primary N) is 1. The summed E-state index contributed by atoms with van der Waals surface area (Å²) < 4.78 is 43.0. The van der Waals surface area contributed by atoms with E-state index in [0.717, 1.165) is 11.1 Å². The van der Waals surface area contributed by atoms with Crippen LogP contribution in [0.4, 0.5) is 0 Å². The van der Waals surface area contributed by atoms with Crippen LogP contribution in [0.2, 0.25) is 18.1 Å². The summed E-state index contributed by atoms with van der Waals surface area (Å²) in [6.07, 6.45) is -0.619. The molecule has 178 valence electrons. The first-order chi connectivity index (χ1) is 14.8. The Kier molecular flexibility index (Phi) is 9.22. The van der Waals surface area contributed by atoms with E-state index in [1.54, 1.807) is 12.1 Å². The van der Waals surface area contributed by atoms with Crippen molar-refractivity contribution in [1.29, 1.82) is 0 Å². The molecule has 0 aliphatic rings. The highest BCUT2D eigenvalue weighted by Crippen LogP contribution is 2.37. The SMILES string of the molecule is Cc1ccc(S(=O)(=O)OC[C@H](O[Si](C)(C)C(C)(C)C)[C@H](N)COCc2ccccc2)cc1. The van der Waals surface area contributed by atoms with Crippen LogP contribution in [0.1, 0.15) is 31.9 Å². The number of rotatable bonds is 11. The van der Waals surface area contributed by atoms with E-state index in [-0.39, 0.29) is 23.1 Å². The molecule has 0 saturated carbocycles. The smallest absolute Gasteiger partial charge is 0.297 e. The predicted molar refractivity (Wildman–Crippen MR) is 130 cm³/mol. The molecule has 0 aliphatic heterocycles. The molecule has 2 atom stereocenters. The summed E-state index contributed by atoms with van der Waals surface area (Å²) >= 11 is 0. The Bertz CT molecular complexity index is 941. The lowest BCUT2D eigenvalue weighted by molar-refractivity contribution is 0.0391. The fourth-order valence-electron chi connectivity index (χ4n) is 2.72. The first-order valence-electron chi connectivity index (χ1n) is 10.8. The molecule has 0 saturated heterocycles. The van der Waals surface area contributed by atoms with Crippen LogP contribution in [-0.2, 0) is 30.1 Å². The Hall–Kier alpha value is -1.55. The Labute approximate surface area is 194 Å². The Morgan fingerprint density at radius 1 is 0.969 bits per heavy atom. The van der Waals surface area contributed by atoms with Crippen LogP contribution in [0.25, 0.3) is 0 Å². The highest BCUT2D eigenvalue weighted by Gasteiger charge is 2.40. The molecule has 0 spiro atoms. The van der Waals surface area contributed by atoms with Gasteiger partial charge >= 0.3 is 0 Å². The van der Waals surface area contributed by atoms with Crippen LogP contribution >= 0.6 is 0 Å². The number of benzene rings is 2. The molecule has 0 radical (unpaired) electrons. The standard InChI is InChI=1S/C24H37NO5SSi/c1-19-12-14-21(15-13-19)31(26,27)29-18-23(30-32(5,6)24(2,3)4)22(25)17-28-16-20-10-8-7-9-11-20/h7-15,22-23H,16-18,25H2,1-6H3/t22-,23+/m1/s1. The van der Waals surface area contributed by atoms with Crippen LogP contribution in [0, 0.1) is 6.92 Å². The van der Waals surface area contributed by atoms with Crippen molar-refractivity contribution in [3.63, 3.8) is 0 Å². The molecule has 32 heavy (non-hydrogen) atoms. The molecule has 2 rings (SSSR count). The van der Waals surface area contributed by atoms with Crippen molar-refractivity contribution in [3.05, 3.63) is 65.7 Å². The van der Waals surface area contributed by atoms with Crippen LogP contribution in [0.5, 0.6) is 0 Å². The van der Waals surface area contributed by atoms with Crippen LogP contribution in [-0.4, -0.2) is 42.1 Å². The van der Waals surface area contributed by atoms with Gasteiger partial charge < -0.3 is 14.9 Å². The maximum Gasteiger partial charge on any atom is 0.297 e. The molecule has 6 nitrogen and oxygen atoms in total. The van der Waals surface area contributed by atoms with Crippen molar-refractivity contribution in [2.75, 3.05) is 13.2 Å². The second kappa shape index (κ2) is 11.0. The molecule has 8 heteroatoms. The third-order valence-electron chi connectivity index (χ3n) is 5.85. The van der Waals surface area contributed by atoms with Gasteiger partial charge in [0.25, 0.3) is 10.1 Å². The van der Waals surface area contributed by atoms with Crippen molar-refractivity contribution < 1.29 is 21.8 Å². The Morgan fingerprint density at radius 3 is 2.12 bits per heavy atom. The number of ether oxygens (including phenoxy) is 1. The van der Waals surface area contributed by atoms with Gasteiger partial charge in [-0.2, -0.15) is 8.42 Å². The molecule has 2 N–H and O–H groups in total. The summed E-state index contributed by atoms with van der Waals surface area (Å²) in [6.45, 7) is 12.9. The van der Waals surface area contributed by atoms with Crippen molar-refractivity contribution in [2.45, 2.75) is 69.5 Å². The summed E-state index contributed by atoms with van der Waals surface area (Å²) in [6, 6.07) is 15.8. The summed E-state index contributed by atoms with van der Waals surface area (Å²) in [5.74, 6) is 0. The van der Waals surface area contributed by atoms with E-state index in [0.29, 0.717) is 6.61 Å². The summed E-state index contributed by atoms with van der Waals surface area (Å²) in [4.78, 5) is 0.114. The zero-order chi connectivity index (χ0) is 24.0.